The minimum Gasteiger partial charge on any atom is -0.337 e. The third-order valence-corrected chi connectivity index (χ3v) is 4.79. The van der Waals surface area contributed by atoms with Crippen molar-refractivity contribution in [2.24, 2.45) is 0 Å². The van der Waals surface area contributed by atoms with Gasteiger partial charge in [0.15, 0.2) is 0 Å². The monoisotopic (exact) mass is 349 g/mol. The van der Waals surface area contributed by atoms with Crippen LogP contribution in [0.1, 0.15) is 35.7 Å². The molecule has 136 valence electrons. The van der Waals surface area contributed by atoms with E-state index in [1.807, 2.05) is 4.90 Å². The van der Waals surface area contributed by atoms with E-state index in [1.165, 1.54) is 11.1 Å². The molecule has 4 nitrogen and oxygen atoms in total. The van der Waals surface area contributed by atoms with Crippen molar-refractivity contribution in [3.8, 4) is 0 Å². The van der Waals surface area contributed by atoms with E-state index >= 15 is 0 Å². The zero-order valence-corrected chi connectivity index (χ0v) is 15.5. The van der Waals surface area contributed by atoms with Gasteiger partial charge in [0.05, 0.1) is 0 Å². The molecule has 0 aliphatic carbocycles. The van der Waals surface area contributed by atoms with Crippen LogP contribution in [-0.2, 0) is 0 Å². The first-order valence-corrected chi connectivity index (χ1v) is 9.44. The average molecular weight is 349 g/mol. The normalized spacial score (nSPS) is 16.3. The van der Waals surface area contributed by atoms with E-state index in [2.05, 4.69) is 53.2 Å². The zero-order chi connectivity index (χ0) is 18.2. The first kappa shape index (κ1) is 18.3. The molecule has 1 aromatic heterocycles. The second kappa shape index (κ2) is 9.30. The van der Waals surface area contributed by atoms with Crippen molar-refractivity contribution in [2.45, 2.75) is 19.8 Å². The van der Waals surface area contributed by atoms with Gasteiger partial charge in [0, 0.05) is 50.7 Å². The van der Waals surface area contributed by atoms with Crippen molar-refractivity contribution in [3.05, 3.63) is 72.1 Å². The van der Waals surface area contributed by atoms with Gasteiger partial charge in [0.25, 0.3) is 5.91 Å². The van der Waals surface area contributed by atoms with Crippen LogP contribution in [0, 0.1) is 0 Å². The highest BCUT2D eigenvalue weighted by Crippen LogP contribution is 2.18. The maximum atomic E-state index is 12.7. The van der Waals surface area contributed by atoms with Crippen LogP contribution in [0.15, 0.2) is 60.9 Å². The smallest absolute Gasteiger partial charge is 0.254 e. The summed E-state index contributed by atoms with van der Waals surface area (Å²) in [6, 6.07) is 14.2. The van der Waals surface area contributed by atoms with Crippen LogP contribution < -0.4 is 0 Å². The number of carbonyl (C=O) groups is 1. The van der Waals surface area contributed by atoms with Gasteiger partial charge in [-0.15, -0.1) is 0 Å². The topological polar surface area (TPSA) is 36.4 Å². The fourth-order valence-electron chi connectivity index (χ4n) is 3.42. The van der Waals surface area contributed by atoms with E-state index in [-0.39, 0.29) is 5.91 Å². The van der Waals surface area contributed by atoms with Gasteiger partial charge in [0.2, 0.25) is 0 Å². The van der Waals surface area contributed by atoms with Gasteiger partial charge < -0.3 is 4.90 Å². The van der Waals surface area contributed by atoms with Gasteiger partial charge in [-0.2, -0.15) is 0 Å². The summed E-state index contributed by atoms with van der Waals surface area (Å²) in [5, 5.41) is 0. The highest BCUT2D eigenvalue weighted by Gasteiger charge is 2.20. The molecule has 0 N–H and O–H groups in total. The number of hydrogen-bond donors (Lipinski definition) is 0. The van der Waals surface area contributed by atoms with Gasteiger partial charge >= 0.3 is 0 Å². The lowest BCUT2D eigenvalue weighted by atomic mass is 10.0. The lowest BCUT2D eigenvalue weighted by molar-refractivity contribution is 0.0762. The largest absolute Gasteiger partial charge is 0.337 e. The number of nitrogens with zero attached hydrogens (tertiary/aromatic N) is 3. The Morgan fingerprint density at radius 1 is 1.00 bits per heavy atom. The van der Waals surface area contributed by atoms with Crippen LogP contribution in [0.4, 0.5) is 0 Å². The van der Waals surface area contributed by atoms with Gasteiger partial charge in [-0.25, -0.2) is 0 Å². The molecule has 2 aromatic rings. The molecule has 0 bridgehead atoms. The number of allylic oxidation sites excluding steroid dienone is 1. The maximum Gasteiger partial charge on any atom is 0.254 e. The Morgan fingerprint density at radius 2 is 1.77 bits per heavy atom. The molecule has 0 saturated carbocycles. The third-order valence-electron chi connectivity index (χ3n) is 4.79. The molecule has 0 atom stereocenters. The van der Waals surface area contributed by atoms with Crippen molar-refractivity contribution < 1.29 is 4.79 Å². The van der Waals surface area contributed by atoms with Crippen LogP contribution in [0.3, 0.4) is 0 Å². The third kappa shape index (κ3) is 4.79. The summed E-state index contributed by atoms with van der Waals surface area (Å²) in [6.07, 6.45) is 7.72. The van der Waals surface area contributed by atoms with E-state index in [1.54, 1.807) is 24.5 Å². The van der Waals surface area contributed by atoms with Crippen LogP contribution in [0.25, 0.3) is 5.57 Å². The standard InChI is InChI=1S/C22H27N3O/c1-2-7-21(19-8-4-3-5-9-19)18-24-14-6-15-25(17-16-24)22(26)20-10-12-23-13-11-20/h3-5,7-13H,2,6,14-18H2,1H3. The number of amides is 1. The van der Waals surface area contributed by atoms with Crippen molar-refractivity contribution in [2.75, 3.05) is 32.7 Å². The maximum absolute atomic E-state index is 12.7. The number of hydrogen-bond acceptors (Lipinski definition) is 3. The van der Waals surface area contributed by atoms with Crippen LogP contribution in [-0.4, -0.2) is 53.4 Å². The molecule has 1 fully saturated rings. The van der Waals surface area contributed by atoms with Gasteiger partial charge in [-0.05, 0) is 36.1 Å². The molecule has 4 heteroatoms. The molecule has 1 aliphatic heterocycles. The second-order valence-electron chi connectivity index (χ2n) is 6.66. The predicted octanol–water partition coefficient (Wildman–Crippen LogP) is 3.72. The quantitative estimate of drug-likeness (QED) is 0.825. The molecule has 26 heavy (non-hydrogen) atoms. The number of carbonyl (C=O) groups excluding carboxylic acids is 1. The van der Waals surface area contributed by atoms with Crippen molar-refractivity contribution in [1.82, 2.24) is 14.8 Å². The Hall–Kier alpha value is -2.46. The van der Waals surface area contributed by atoms with Crippen molar-refractivity contribution in [1.29, 1.82) is 0 Å². The predicted molar refractivity (Wildman–Crippen MR) is 106 cm³/mol. The van der Waals surface area contributed by atoms with Gasteiger partial charge in [-0.1, -0.05) is 43.3 Å². The highest BCUT2D eigenvalue weighted by molar-refractivity contribution is 5.94. The highest BCUT2D eigenvalue weighted by atomic mass is 16.2. The van der Waals surface area contributed by atoms with Crippen molar-refractivity contribution in [3.63, 3.8) is 0 Å². The molecule has 0 spiro atoms. The summed E-state index contributed by atoms with van der Waals surface area (Å²) in [5.74, 6) is 0.113. The van der Waals surface area contributed by atoms with E-state index in [0.717, 1.165) is 51.1 Å². The molecule has 0 radical (unpaired) electrons. The molecular formula is C22H27N3O. The first-order valence-electron chi connectivity index (χ1n) is 9.44. The minimum absolute atomic E-state index is 0.113. The molecule has 3 rings (SSSR count). The summed E-state index contributed by atoms with van der Waals surface area (Å²) >= 11 is 0. The SMILES string of the molecule is CCC=C(CN1CCCN(C(=O)c2ccncc2)CC1)c1ccccc1. The Kier molecular flexibility index (Phi) is 6.56. The molecular weight excluding hydrogens is 322 g/mol. The Morgan fingerprint density at radius 3 is 2.50 bits per heavy atom. The molecule has 0 unspecified atom stereocenters. The summed E-state index contributed by atoms with van der Waals surface area (Å²) < 4.78 is 0. The number of pyridine rings is 1. The van der Waals surface area contributed by atoms with Crippen LogP contribution >= 0.6 is 0 Å². The Labute approximate surface area is 156 Å². The first-order chi connectivity index (χ1) is 12.8. The Bertz CT molecular complexity index is 728. The van der Waals surface area contributed by atoms with E-state index in [4.69, 9.17) is 0 Å². The Balaban J connectivity index is 1.63. The summed E-state index contributed by atoms with van der Waals surface area (Å²) in [5.41, 5.74) is 3.40. The number of benzene rings is 1. The average Bonchev–Trinajstić information content (AvgIpc) is 2.94. The number of rotatable bonds is 5. The lowest BCUT2D eigenvalue weighted by Gasteiger charge is -2.23. The zero-order valence-electron chi connectivity index (χ0n) is 15.5. The van der Waals surface area contributed by atoms with Crippen LogP contribution in [0.5, 0.6) is 0 Å². The van der Waals surface area contributed by atoms with E-state index < -0.39 is 0 Å². The summed E-state index contributed by atoms with van der Waals surface area (Å²) in [6.45, 7) is 6.64. The molecule has 2 heterocycles. The fourth-order valence-corrected chi connectivity index (χ4v) is 3.42. The minimum atomic E-state index is 0.113. The van der Waals surface area contributed by atoms with Gasteiger partial charge in [-0.3, -0.25) is 14.7 Å². The number of aromatic nitrogens is 1. The fraction of sp³-hybridized carbons (Fsp3) is 0.364. The molecule has 1 saturated heterocycles. The van der Waals surface area contributed by atoms with Crippen LogP contribution in [0.2, 0.25) is 0 Å². The lowest BCUT2D eigenvalue weighted by Crippen LogP contribution is -2.35. The molecule has 1 aliphatic rings. The molecule has 1 aromatic carbocycles. The second-order valence-corrected chi connectivity index (χ2v) is 6.66. The van der Waals surface area contributed by atoms with E-state index in [9.17, 15) is 4.79 Å². The summed E-state index contributed by atoms with van der Waals surface area (Å²) in [4.78, 5) is 21.1. The molecule has 1 amide bonds. The van der Waals surface area contributed by atoms with E-state index in [0.29, 0.717) is 0 Å². The summed E-state index contributed by atoms with van der Waals surface area (Å²) in [7, 11) is 0. The van der Waals surface area contributed by atoms with Crippen molar-refractivity contribution >= 4 is 11.5 Å². The van der Waals surface area contributed by atoms with Gasteiger partial charge in [0.1, 0.15) is 0 Å².